The van der Waals surface area contributed by atoms with E-state index in [2.05, 4.69) is 44.5 Å². The van der Waals surface area contributed by atoms with E-state index >= 15 is 0 Å². The Hall–Kier alpha value is -1.98. The van der Waals surface area contributed by atoms with Crippen LogP contribution in [0.2, 0.25) is 0 Å². The standard InChI is InChI=1S/C21H34N4O2/c1-15-13-18(16(2)25(15)17-7-8-17)19(26)23-9-6-10-24(12-11-23)20(27)22-14-21(3,4)5/h13,17H,6-12,14H2,1-5H3,(H,22,27). The summed E-state index contributed by atoms with van der Waals surface area (Å²) in [4.78, 5) is 29.3. The van der Waals surface area contributed by atoms with Crippen LogP contribution in [0.25, 0.3) is 0 Å². The van der Waals surface area contributed by atoms with Gasteiger partial charge in [0.15, 0.2) is 0 Å². The zero-order valence-corrected chi connectivity index (χ0v) is 17.5. The molecule has 2 aliphatic rings. The molecule has 0 bridgehead atoms. The van der Waals surface area contributed by atoms with Gasteiger partial charge < -0.3 is 19.7 Å². The van der Waals surface area contributed by atoms with E-state index in [1.807, 2.05) is 15.9 Å². The number of carbonyl (C=O) groups excluding carboxylic acids is 2. The van der Waals surface area contributed by atoms with Gasteiger partial charge in [-0.3, -0.25) is 4.79 Å². The molecule has 1 N–H and O–H groups in total. The molecule has 3 amide bonds. The molecule has 27 heavy (non-hydrogen) atoms. The zero-order chi connectivity index (χ0) is 19.8. The first-order valence-corrected chi connectivity index (χ1v) is 10.2. The van der Waals surface area contributed by atoms with Crippen LogP contribution in [0.5, 0.6) is 0 Å². The maximum atomic E-state index is 13.1. The number of aromatic nitrogens is 1. The molecule has 0 atom stereocenters. The molecule has 1 aliphatic carbocycles. The van der Waals surface area contributed by atoms with Crippen LogP contribution in [-0.4, -0.2) is 59.0 Å². The van der Waals surface area contributed by atoms with E-state index in [0.717, 1.165) is 17.7 Å². The topological polar surface area (TPSA) is 57.6 Å². The number of hydrogen-bond acceptors (Lipinski definition) is 2. The fraction of sp³-hybridized carbons (Fsp3) is 0.714. The first kappa shape index (κ1) is 19.8. The molecule has 0 aromatic carbocycles. The van der Waals surface area contributed by atoms with Crippen molar-refractivity contribution in [1.82, 2.24) is 19.7 Å². The van der Waals surface area contributed by atoms with Gasteiger partial charge in [0.25, 0.3) is 5.91 Å². The second-order valence-electron chi connectivity index (χ2n) is 9.24. The number of urea groups is 1. The highest BCUT2D eigenvalue weighted by Gasteiger charge is 2.30. The fourth-order valence-electron chi connectivity index (χ4n) is 3.83. The molecule has 1 saturated carbocycles. The number of nitrogens with one attached hydrogen (secondary N) is 1. The Balaban J connectivity index is 1.62. The second-order valence-corrected chi connectivity index (χ2v) is 9.24. The number of amides is 3. The number of nitrogens with zero attached hydrogens (tertiary/aromatic N) is 3. The van der Waals surface area contributed by atoms with Crippen molar-refractivity contribution in [3.8, 4) is 0 Å². The molecule has 0 radical (unpaired) electrons. The lowest BCUT2D eigenvalue weighted by molar-refractivity contribution is 0.0761. The first-order chi connectivity index (χ1) is 12.7. The molecule has 1 aliphatic heterocycles. The minimum absolute atomic E-state index is 0.0221. The summed E-state index contributed by atoms with van der Waals surface area (Å²) in [6.07, 6.45) is 3.24. The molecule has 2 fully saturated rings. The third kappa shape index (κ3) is 4.66. The van der Waals surface area contributed by atoms with Crippen molar-refractivity contribution in [2.45, 2.75) is 59.9 Å². The van der Waals surface area contributed by atoms with E-state index < -0.39 is 0 Å². The lowest BCUT2D eigenvalue weighted by Gasteiger charge is -2.25. The highest BCUT2D eigenvalue weighted by atomic mass is 16.2. The number of rotatable bonds is 3. The van der Waals surface area contributed by atoms with Crippen molar-refractivity contribution in [1.29, 1.82) is 0 Å². The Morgan fingerprint density at radius 2 is 1.70 bits per heavy atom. The minimum atomic E-state index is -0.0221. The van der Waals surface area contributed by atoms with Gasteiger partial charge in [0.05, 0.1) is 5.56 Å². The van der Waals surface area contributed by atoms with Crippen molar-refractivity contribution < 1.29 is 9.59 Å². The molecule has 1 saturated heterocycles. The monoisotopic (exact) mass is 374 g/mol. The van der Waals surface area contributed by atoms with Crippen LogP contribution in [-0.2, 0) is 0 Å². The van der Waals surface area contributed by atoms with Crippen molar-refractivity contribution in [3.63, 3.8) is 0 Å². The lowest BCUT2D eigenvalue weighted by atomic mass is 9.97. The van der Waals surface area contributed by atoms with Gasteiger partial charge in [0.2, 0.25) is 0 Å². The second kappa shape index (κ2) is 7.56. The molecule has 150 valence electrons. The third-order valence-electron chi connectivity index (χ3n) is 5.47. The first-order valence-electron chi connectivity index (χ1n) is 10.2. The normalized spacial score (nSPS) is 18.4. The van der Waals surface area contributed by atoms with Crippen LogP contribution in [0.4, 0.5) is 4.79 Å². The minimum Gasteiger partial charge on any atom is -0.345 e. The quantitative estimate of drug-likeness (QED) is 0.882. The highest BCUT2D eigenvalue weighted by Crippen LogP contribution is 2.38. The number of hydrogen-bond donors (Lipinski definition) is 1. The SMILES string of the molecule is Cc1cc(C(=O)N2CCCN(C(=O)NCC(C)(C)C)CC2)c(C)n1C1CC1. The zero-order valence-electron chi connectivity index (χ0n) is 17.5. The lowest BCUT2D eigenvalue weighted by Crippen LogP contribution is -2.44. The Labute approximate surface area is 162 Å². The van der Waals surface area contributed by atoms with E-state index in [4.69, 9.17) is 0 Å². The maximum absolute atomic E-state index is 13.1. The summed E-state index contributed by atoms with van der Waals surface area (Å²) in [6, 6.07) is 2.60. The van der Waals surface area contributed by atoms with Crippen LogP contribution in [0.3, 0.4) is 0 Å². The summed E-state index contributed by atoms with van der Waals surface area (Å²) in [5.74, 6) is 0.104. The van der Waals surface area contributed by atoms with Crippen LogP contribution < -0.4 is 5.32 Å². The summed E-state index contributed by atoms with van der Waals surface area (Å²) in [6.45, 7) is 13.7. The van der Waals surface area contributed by atoms with Crippen molar-refractivity contribution in [3.05, 3.63) is 23.0 Å². The Morgan fingerprint density at radius 1 is 1.07 bits per heavy atom. The number of aryl methyl sites for hydroxylation is 1. The maximum Gasteiger partial charge on any atom is 0.317 e. The molecule has 2 heterocycles. The van der Waals surface area contributed by atoms with E-state index in [9.17, 15) is 9.59 Å². The summed E-state index contributed by atoms with van der Waals surface area (Å²) < 4.78 is 2.32. The predicted octanol–water partition coefficient (Wildman–Crippen LogP) is 3.34. The average Bonchev–Trinajstić information content (AvgIpc) is 3.39. The van der Waals surface area contributed by atoms with Gasteiger partial charge in [-0.2, -0.15) is 0 Å². The largest absolute Gasteiger partial charge is 0.345 e. The van der Waals surface area contributed by atoms with Gasteiger partial charge >= 0.3 is 6.03 Å². The fourth-order valence-corrected chi connectivity index (χ4v) is 3.83. The smallest absolute Gasteiger partial charge is 0.317 e. The Bertz CT molecular complexity index is 712. The molecule has 1 aromatic rings. The summed E-state index contributed by atoms with van der Waals surface area (Å²) >= 11 is 0. The van der Waals surface area contributed by atoms with Gasteiger partial charge in [-0.25, -0.2) is 4.79 Å². The van der Waals surface area contributed by atoms with Crippen LogP contribution in [0.15, 0.2) is 6.07 Å². The van der Waals surface area contributed by atoms with E-state index in [-0.39, 0.29) is 17.4 Å². The van der Waals surface area contributed by atoms with Gasteiger partial charge in [0, 0.05) is 50.2 Å². The summed E-state index contributed by atoms with van der Waals surface area (Å²) in [5.41, 5.74) is 3.15. The van der Waals surface area contributed by atoms with Crippen molar-refractivity contribution >= 4 is 11.9 Å². The average molecular weight is 375 g/mol. The van der Waals surface area contributed by atoms with Gasteiger partial charge in [-0.15, -0.1) is 0 Å². The molecular weight excluding hydrogens is 340 g/mol. The molecule has 6 heteroatoms. The molecule has 3 rings (SSSR count). The summed E-state index contributed by atoms with van der Waals surface area (Å²) in [5, 5.41) is 3.02. The molecule has 1 aromatic heterocycles. The van der Waals surface area contributed by atoms with Crippen molar-refractivity contribution in [2.24, 2.45) is 5.41 Å². The Morgan fingerprint density at radius 3 is 2.33 bits per heavy atom. The highest BCUT2D eigenvalue weighted by molar-refractivity contribution is 5.95. The van der Waals surface area contributed by atoms with E-state index in [1.54, 1.807) is 0 Å². The van der Waals surface area contributed by atoms with Gasteiger partial charge in [-0.05, 0) is 44.6 Å². The molecule has 6 nitrogen and oxygen atoms in total. The van der Waals surface area contributed by atoms with Gasteiger partial charge in [0.1, 0.15) is 0 Å². The van der Waals surface area contributed by atoms with E-state index in [0.29, 0.717) is 38.8 Å². The van der Waals surface area contributed by atoms with Crippen LogP contribution in [0.1, 0.15) is 67.8 Å². The van der Waals surface area contributed by atoms with Gasteiger partial charge in [-0.1, -0.05) is 20.8 Å². The third-order valence-corrected chi connectivity index (χ3v) is 5.47. The van der Waals surface area contributed by atoms with Crippen molar-refractivity contribution in [2.75, 3.05) is 32.7 Å². The molecule has 0 unspecified atom stereocenters. The van der Waals surface area contributed by atoms with E-state index in [1.165, 1.54) is 18.5 Å². The predicted molar refractivity (Wildman–Crippen MR) is 107 cm³/mol. The molecule has 0 spiro atoms. The molecular formula is C21H34N4O2. The Kier molecular flexibility index (Phi) is 5.54. The number of carbonyl (C=O) groups is 2. The summed E-state index contributed by atoms with van der Waals surface area (Å²) in [7, 11) is 0. The van der Waals surface area contributed by atoms with Crippen LogP contribution in [0, 0.1) is 19.3 Å². The van der Waals surface area contributed by atoms with Crippen LogP contribution >= 0.6 is 0 Å².